The third-order valence-corrected chi connectivity index (χ3v) is 2.84. The van der Waals surface area contributed by atoms with E-state index in [4.69, 9.17) is 26.2 Å². The number of hydrogen-bond acceptors (Lipinski definition) is 4. The van der Waals surface area contributed by atoms with E-state index in [-0.39, 0.29) is 12.6 Å². The molecule has 19 heavy (non-hydrogen) atoms. The van der Waals surface area contributed by atoms with Gasteiger partial charge >= 0.3 is 5.97 Å². The molecule has 0 spiro atoms. The lowest BCUT2D eigenvalue weighted by Gasteiger charge is -2.18. The summed E-state index contributed by atoms with van der Waals surface area (Å²) in [5, 5.41) is 9.38. The first-order chi connectivity index (χ1) is 9.12. The Bertz CT molecular complexity index is 420. The van der Waals surface area contributed by atoms with E-state index in [1.807, 2.05) is 6.92 Å². The predicted octanol–water partition coefficient (Wildman–Crippen LogP) is 2.94. The zero-order valence-corrected chi connectivity index (χ0v) is 11.9. The lowest BCUT2D eigenvalue weighted by molar-refractivity contribution is -0.151. The fourth-order valence-corrected chi connectivity index (χ4v) is 1.86. The average Bonchev–Trinajstić information content (AvgIpc) is 2.40. The maximum atomic E-state index is 11.7. The van der Waals surface area contributed by atoms with Crippen molar-refractivity contribution in [3.63, 3.8) is 0 Å². The van der Waals surface area contributed by atoms with E-state index in [1.54, 1.807) is 25.1 Å². The van der Waals surface area contributed by atoms with Crippen LogP contribution in [-0.2, 0) is 16.1 Å². The Balaban J connectivity index is 2.81. The van der Waals surface area contributed by atoms with E-state index in [0.29, 0.717) is 29.4 Å². The summed E-state index contributed by atoms with van der Waals surface area (Å²) in [6.07, 6.45) is 0.717. The number of rotatable bonds is 7. The number of carbonyl (C=O) groups is 1. The third kappa shape index (κ3) is 4.73. The molecule has 5 heteroatoms. The van der Waals surface area contributed by atoms with Gasteiger partial charge in [0.1, 0.15) is 5.75 Å². The lowest BCUT2D eigenvalue weighted by atomic mass is 10.2. The molecule has 0 saturated carbocycles. The molecule has 1 atom stereocenters. The number of aliphatic hydroxyl groups excluding tert-OH is 1. The molecule has 1 aromatic rings. The van der Waals surface area contributed by atoms with Crippen LogP contribution in [0.25, 0.3) is 0 Å². The van der Waals surface area contributed by atoms with Gasteiger partial charge in [-0.1, -0.05) is 31.0 Å². The smallest absolute Gasteiger partial charge is 0.347 e. The van der Waals surface area contributed by atoms with Crippen LogP contribution < -0.4 is 4.74 Å². The number of esters is 1. The summed E-state index contributed by atoms with van der Waals surface area (Å²) >= 11 is 6.05. The highest BCUT2D eigenvalue weighted by atomic mass is 35.5. The fraction of sp³-hybridized carbons (Fsp3) is 0.500. The minimum Gasteiger partial charge on any atom is -0.477 e. The normalized spacial score (nSPS) is 12.0. The van der Waals surface area contributed by atoms with Crippen molar-refractivity contribution in [2.45, 2.75) is 39.4 Å². The minimum absolute atomic E-state index is 0.0870. The molecule has 1 N–H and O–H groups in total. The highest BCUT2D eigenvalue weighted by molar-refractivity contribution is 6.32. The van der Waals surface area contributed by atoms with E-state index < -0.39 is 6.10 Å². The molecule has 0 saturated heterocycles. The Kier molecular flexibility index (Phi) is 6.67. The fourth-order valence-electron chi connectivity index (χ4n) is 1.61. The van der Waals surface area contributed by atoms with Gasteiger partial charge < -0.3 is 14.6 Å². The molecule has 4 nitrogen and oxygen atoms in total. The molecule has 0 aliphatic carbocycles. The molecule has 0 aliphatic rings. The summed E-state index contributed by atoms with van der Waals surface area (Å²) in [5.74, 6) is 0.0389. The molecule has 0 aliphatic heterocycles. The second kappa shape index (κ2) is 8.02. The Morgan fingerprint density at radius 1 is 1.42 bits per heavy atom. The standard InChI is InChI=1S/C14H19ClO4/c1-3-5-13(14(17)18-4-2)19-12-7-6-10(9-16)8-11(12)15/h6-8,13,16H,3-5,9H2,1-2H3. The van der Waals surface area contributed by atoms with Crippen LogP contribution in [-0.4, -0.2) is 23.8 Å². The van der Waals surface area contributed by atoms with E-state index >= 15 is 0 Å². The summed E-state index contributed by atoms with van der Waals surface area (Å²) in [5.41, 5.74) is 0.695. The quantitative estimate of drug-likeness (QED) is 0.783. The molecule has 1 aromatic carbocycles. The zero-order valence-electron chi connectivity index (χ0n) is 11.2. The first-order valence-corrected chi connectivity index (χ1v) is 6.72. The van der Waals surface area contributed by atoms with Crippen molar-refractivity contribution in [3.05, 3.63) is 28.8 Å². The first kappa shape index (κ1) is 15.8. The van der Waals surface area contributed by atoms with Gasteiger partial charge in [-0.2, -0.15) is 0 Å². The van der Waals surface area contributed by atoms with Crippen LogP contribution in [0.2, 0.25) is 5.02 Å². The van der Waals surface area contributed by atoms with Crippen molar-refractivity contribution >= 4 is 17.6 Å². The van der Waals surface area contributed by atoms with Gasteiger partial charge in [0.15, 0.2) is 6.10 Å². The van der Waals surface area contributed by atoms with Crippen LogP contribution >= 0.6 is 11.6 Å². The van der Waals surface area contributed by atoms with E-state index in [0.717, 1.165) is 6.42 Å². The number of hydrogen-bond donors (Lipinski definition) is 1. The van der Waals surface area contributed by atoms with E-state index in [9.17, 15) is 4.79 Å². The highest BCUT2D eigenvalue weighted by Gasteiger charge is 2.21. The van der Waals surface area contributed by atoms with Gasteiger partial charge in [-0.05, 0) is 31.0 Å². The van der Waals surface area contributed by atoms with Crippen LogP contribution in [0.4, 0.5) is 0 Å². The zero-order chi connectivity index (χ0) is 14.3. The van der Waals surface area contributed by atoms with Crippen molar-refractivity contribution in [2.24, 2.45) is 0 Å². The molecule has 0 amide bonds. The van der Waals surface area contributed by atoms with Crippen molar-refractivity contribution in [2.75, 3.05) is 6.61 Å². The van der Waals surface area contributed by atoms with Gasteiger partial charge in [-0.25, -0.2) is 4.79 Å². The third-order valence-electron chi connectivity index (χ3n) is 2.55. The van der Waals surface area contributed by atoms with E-state index in [2.05, 4.69) is 0 Å². The summed E-state index contributed by atoms with van der Waals surface area (Å²) in [7, 11) is 0. The molecule has 0 fully saturated rings. The monoisotopic (exact) mass is 286 g/mol. The molecule has 106 valence electrons. The molecule has 0 bridgehead atoms. The van der Waals surface area contributed by atoms with Gasteiger partial charge in [-0.3, -0.25) is 0 Å². The molecule has 1 unspecified atom stereocenters. The summed E-state index contributed by atoms with van der Waals surface area (Å²) < 4.78 is 10.6. The number of halogens is 1. The minimum atomic E-state index is -0.651. The average molecular weight is 287 g/mol. The van der Waals surface area contributed by atoms with Crippen molar-refractivity contribution < 1.29 is 19.4 Å². The maximum absolute atomic E-state index is 11.7. The molecule has 0 aromatic heterocycles. The Hall–Kier alpha value is -1.26. The Morgan fingerprint density at radius 3 is 2.68 bits per heavy atom. The molecule has 0 heterocycles. The van der Waals surface area contributed by atoms with Crippen LogP contribution in [0.3, 0.4) is 0 Å². The van der Waals surface area contributed by atoms with Gasteiger partial charge in [0.05, 0.1) is 18.2 Å². The summed E-state index contributed by atoms with van der Waals surface area (Å²) in [6.45, 7) is 3.95. The van der Waals surface area contributed by atoms with Gasteiger partial charge in [0.2, 0.25) is 0 Å². The number of benzene rings is 1. The predicted molar refractivity (Wildman–Crippen MR) is 73.3 cm³/mol. The van der Waals surface area contributed by atoms with Crippen LogP contribution in [0.1, 0.15) is 32.3 Å². The van der Waals surface area contributed by atoms with E-state index in [1.165, 1.54) is 0 Å². The molecule has 1 rings (SSSR count). The SMILES string of the molecule is CCCC(Oc1ccc(CO)cc1Cl)C(=O)OCC. The Labute approximate surface area is 118 Å². The van der Waals surface area contributed by atoms with Crippen LogP contribution in [0.5, 0.6) is 5.75 Å². The Morgan fingerprint density at radius 2 is 2.16 bits per heavy atom. The highest BCUT2D eigenvalue weighted by Crippen LogP contribution is 2.27. The second-order valence-electron chi connectivity index (χ2n) is 4.07. The van der Waals surface area contributed by atoms with Crippen LogP contribution in [0, 0.1) is 0 Å². The van der Waals surface area contributed by atoms with Gasteiger partial charge in [-0.15, -0.1) is 0 Å². The molecular weight excluding hydrogens is 268 g/mol. The second-order valence-corrected chi connectivity index (χ2v) is 4.48. The molecule has 0 radical (unpaired) electrons. The largest absolute Gasteiger partial charge is 0.477 e. The van der Waals surface area contributed by atoms with Crippen molar-refractivity contribution in [1.29, 1.82) is 0 Å². The van der Waals surface area contributed by atoms with Crippen molar-refractivity contribution in [3.8, 4) is 5.75 Å². The van der Waals surface area contributed by atoms with Crippen LogP contribution in [0.15, 0.2) is 18.2 Å². The molecular formula is C14H19ClO4. The summed E-state index contributed by atoms with van der Waals surface area (Å²) in [4.78, 5) is 11.7. The number of carbonyl (C=O) groups excluding carboxylic acids is 1. The first-order valence-electron chi connectivity index (χ1n) is 6.34. The number of aliphatic hydroxyl groups is 1. The lowest BCUT2D eigenvalue weighted by Crippen LogP contribution is -2.29. The topological polar surface area (TPSA) is 55.8 Å². The van der Waals surface area contributed by atoms with Gasteiger partial charge in [0, 0.05) is 0 Å². The van der Waals surface area contributed by atoms with Crippen molar-refractivity contribution in [1.82, 2.24) is 0 Å². The summed E-state index contributed by atoms with van der Waals surface area (Å²) in [6, 6.07) is 4.97. The maximum Gasteiger partial charge on any atom is 0.347 e. The van der Waals surface area contributed by atoms with Gasteiger partial charge in [0.25, 0.3) is 0 Å². The number of ether oxygens (including phenoxy) is 2.